The summed E-state index contributed by atoms with van der Waals surface area (Å²) in [5.74, 6) is 6.45. The Kier molecular flexibility index (Phi) is 5.20. The number of benzene rings is 1. The first-order chi connectivity index (χ1) is 10.2. The number of methoxy groups -OCH3 is 1. The molecule has 0 unspecified atom stereocenters. The molecule has 0 aromatic heterocycles. The first kappa shape index (κ1) is 15.4. The van der Waals surface area contributed by atoms with Crippen molar-refractivity contribution < 1.29 is 9.53 Å². The molecule has 1 aliphatic heterocycles. The zero-order chi connectivity index (χ0) is 15.2. The van der Waals surface area contributed by atoms with Crippen LogP contribution in [0.4, 0.5) is 0 Å². The van der Waals surface area contributed by atoms with Crippen LogP contribution in [0.3, 0.4) is 0 Å². The van der Waals surface area contributed by atoms with Crippen LogP contribution in [0, 0.1) is 11.8 Å². The molecule has 0 radical (unpaired) electrons. The fourth-order valence-corrected chi connectivity index (χ4v) is 2.28. The van der Waals surface area contributed by atoms with E-state index in [0.29, 0.717) is 16.9 Å². The molecule has 2 N–H and O–H groups in total. The van der Waals surface area contributed by atoms with Gasteiger partial charge in [0.25, 0.3) is 5.91 Å². The monoisotopic (exact) mass is 287 g/mol. The van der Waals surface area contributed by atoms with Gasteiger partial charge in [-0.1, -0.05) is 11.8 Å². The third kappa shape index (κ3) is 3.75. The Morgan fingerprint density at radius 3 is 2.67 bits per heavy atom. The first-order valence-electron chi connectivity index (χ1n) is 7.00. The number of carbonyl (C=O) groups is 1. The molecule has 0 bridgehead atoms. The van der Waals surface area contributed by atoms with Crippen molar-refractivity contribution >= 4 is 5.91 Å². The zero-order valence-electron chi connectivity index (χ0n) is 12.6. The maximum atomic E-state index is 12.5. The van der Waals surface area contributed by atoms with E-state index < -0.39 is 0 Å². The van der Waals surface area contributed by atoms with Crippen molar-refractivity contribution in [2.45, 2.75) is 0 Å². The molecule has 1 heterocycles. The van der Waals surface area contributed by atoms with Crippen LogP contribution in [-0.2, 0) is 0 Å². The number of amides is 1. The molecule has 5 heteroatoms. The van der Waals surface area contributed by atoms with Gasteiger partial charge in [-0.05, 0) is 25.2 Å². The van der Waals surface area contributed by atoms with E-state index in [2.05, 4.69) is 23.8 Å². The van der Waals surface area contributed by atoms with Gasteiger partial charge in [-0.25, -0.2) is 0 Å². The van der Waals surface area contributed by atoms with Crippen LogP contribution >= 0.6 is 0 Å². The average molecular weight is 287 g/mol. The van der Waals surface area contributed by atoms with Crippen molar-refractivity contribution in [1.82, 2.24) is 9.80 Å². The minimum Gasteiger partial charge on any atom is -0.495 e. The van der Waals surface area contributed by atoms with E-state index in [0.717, 1.165) is 26.2 Å². The number of rotatable bonds is 2. The Balaban J connectivity index is 2.21. The lowest BCUT2D eigenvalue weighted by atomic mass is 10.1. The number of nitrogens with zero attached hydrogens (tertiary/aromatic N) is 2. The standard InChI is InChI=1S/C16H21N3O2/c1-18-8-10-19(11-9-18)16(20)14-5-6-15(21-2)13(12-14)4-3-7-17/h5-6,12H,7-11,17H2,1-2H3. The van der Waals surface area contributed by atoms with Gasteiger partial charge in [0.05, 0.1) is 19.2 Å². The number of likely N-dealkylation sites (N-methyl/N-ethyl adjacent to an activating group) is 1. The summed E-state index contributed by atoms with van der Waals surface area (Å²) in [4.78, 5) is 16.6. The van der Waals surface area contributed by atoms with E-state index in [9.17, 15) is 4.79 Å². The Morgan fingerprint density at radius 1 is 1.33 bits per heavy atom. The van der Waals surface area contributed by atoms with Gasteiger partial charge in [0.1, 0.15) is 5.75 Å². The first-order valence-corrected chi connectivity index (χ1v) is 7.00. The number of piperazine rings is 1. The molecule has 1 aromatic rings. The van der Waals surface area contributed by atoms with E-state index in [4.69, 9.17) is 10.5 Å². The minimum absolute atomic E-state index is 0.0431. The van der Waals surface area contributed by atoms with E-state index in [1.165, 1.54) is 0 Å². The van der Waals surface area contributed by atoms with Crippen molar-refractivity contribution in [3.8, 4) is 17.6 Å². The van der Waals surface area contributed by atoms with Crippen LogP contribution in [-0.4, -0.2) is 62.6 Å². The molecule has 21 heavy (non-hydrogen) atoms. The highest BCUT2D eigenvalue weighted by molar-refractivity contribution is 5.95. The van der Waals surface area contributed by atoms with E-state index in [1.54, 1.807) is 25.3 Å². The molecule has 0 atom stereocenters. The molecule has 5 nitrogen and oxygen atoms in total. The SMILES string of the molecule is COc1ccc(C(=O)N2CCN(C)CC2)cc1C#CCN. The van der Waals surface area contributed by atoms with Gasteiger partial charge < -0.3 is 20.3 Å². The van der Waals surface area contributed by atoms with Gasteiger partial charge in [0, 0.05) is 31.7 Å². The molecule has 0 spiro atoms. The summed E-state index contributed by atoms with van der Waals surface area (Å²) in [5.41, 5.74) is 6.74. The molecular formula is C16H21N3O2. The van der Waals surface area contributed by atoms with E-state index in [-0.39, 0.29) is 12.5 Å². The maximum absolute atomic E-state index is 12.5. The average Bonchev–Trinajstić information content (AvgIpc) is 2.52. The van der Waals surface area contributed by atoms with Crippen LogP contribution in [0.2, 0.25) is 0 Å². The van der Waals surface area contributed by atoms with Gasteiger partial charge in [-0.3, -0.25) is 4.79 Å². The smallest absolute Gasteiger partial charge is 0.253 e. The summed E-state index contributed by atoms with van der Waals surface area (Å²) in [6, 6.07) is 5.35. The summed E-state index contributed by atoms with van der Waals surface area (Å²) >= 11 is 0. The minimum atomic E-state index is 0.0431. The molecule has 1 fully saturated rings. The van der Waals surface area contributed by atoms with Crippen LogP contribution in [0.5, 0.6) is 5.75 Å². The molecule has 1 saturated heterocycles. The fraction of sp³-hybridized carbons (Fsp3) is 0.438. The highest BCUT2D eigenvalue weighted by Gasteiger charge is 2.20. The zero-order valence-corrected chi connectivity index (χ0v) is 12.6. The number of carbonyl (C=O) groups excluding carboxylic acids is 1. The maximum Gasteiger partial charge on any atom is 0.253 e. The van der Waals surface area contributed by atoms with Crippen LogP contribution in [0.15, 0.2) is 18.2 Å². The lowest BCUT2D eigenvalue weighted by Crippen LogP contribution is -2.47. The molecule has 112 valence electrons. The fourth-order valence-electron chi connectivity index (χ4n) is 2.28. The molecular weight excluding hydrogens is 266 g/mol. The van der Waals surface area contributed by atoms with Crippen molar-refractivity contribution in [2.24, 2.45) is 5.73 Å². The topological polar surface area (TPSA) is 58.8 Å². The Labute approximate surface area is 125 Å². The second kappa shape index (κ2) is 7.11. The molecule has 1 aromatic carbocycles. The summed E-state index contributed by atoms with van der Waals surface area (Å²) in [7, 11) is 3.65. The van der Waals surface area contributed by atoms with Gasteiger partial charge in [0.2, 0.25) is 0 Å². The molecule has 0 aliphatic carbocycles. The number of hydrogen-bond acceptors (Lipinski definition) is 4. The highest BCUT2D eigenvalue weighted by Crippen LogP contribution is 2.20. The number of nitrogens with two attached hydrogens (primary N) is 1. The lowest BCUT2D eigenvalue weighted by Gasteiger charge is -2.32. The Bertz CT molecular complexity index is 567. The number of hydrogen-bond donors (Lipinski definition) is 1. The molecule has 1 aliphatic rings. The second-order valence-electron chi connectivity index (χ2n) is 5.02. The van der Waals surface area contributed by atoms with Gasteiger partial charge in [-0.15, -0.1) is 0 Å². The van der Waals surface area contributed by atoms with E-state index >= 15 is 0 Å². The Hall–Kier alpha value is -2.03. The van der Waals surface area contributed by atoms with Gasteiger partial charge in [0.15, 0.2) is 0 Å². The third-order valence-electron chi connectivity index (χ3n) is 3.56. The summed E-state index contributed by atoms with van der Waals surface area (Å²) in [6.45, 7) is 3.60. The van der Waals surface area contributed by atoms with E-state index in [1.807, 2.05) is 4.90 Å². The van der Waals surface area contributed by atoms with Gasteiger partial charge >= 0.3 is 0 Å². The molecule has 2 rings (SSSR count). The van der Waals surface area contributed by atoms with Gasteiger partial charge in [-0.2, -0.15) is 0 Å². The quantitative estimate of drug-likeness (QED) is 0.800. The normalized spacial score (nSPS) is 15.3. The summed E-state index contributed by atoms with van der Waals surface area (Å²) < 4.78 is 5.26. The Morgan fingerprint density at radius 2 is 2.05 bits per heavy atom. The van der Waals surface area contributed by atoms with Crippen molar-refractivity contribution in [1.29, 1.82) is 0 Å². The second-order valence-corrected chi connectivity index (χ2v) is 5.02. The van der Waals surface area contributed by atoms with Crippen LogP contribution in [0.25, 0.3) is 0 Å². The molecule has 1 amide bonds. The van der Waals surface area contributed by atoms with Crippen molar-refractivity contribution in [3.05, 3.63) is 29.3 Å². The van der Waals surface area contributed by atoms with Crippen LogP contribution in [0.1, 0.15) is 15.9 Å². The van der Waals surface area contributed by atoms with Crippen LogP contribution < -0.4 is 10.5 Å². The summed E-state index contributed by atoms with van der Waals surface area (Å²) in [5, 5.41) is 0. The molecule has 0 saturated carbocycles. The lowest BCUT2D eigenvalue weighted by molar-refractivity contribution is 0.0664. The van der Waals surface area contributed by atoms with Crippen molar-refractivity contribution in [3.63, 3.8) is 0 Å². The number of ether oxygens (including phenoxy) is 1. The summed E-state index contributed by atoms with van der Waals surface area (Å²) in [6.07, 6.45) is 0. The predicted octanol–water partition coefficient (Wildman–Crippen LogP) is 0.393. The predicted molar refractivity (Wildman–Crippen MR) is 82.3 cm³/mol. The third-order valence-corrected chi connectivity index (χ3v) is 3.56. The largest absolute Gasteiger partial charge is 0.495 e. The van der Waals surface area contributed by atoms with Crippen molar-refractivity contribution in [2.75, 3.05) is 46.9 Å². The highest BCUT2D eigenvalue weighted by atomic mass is 16.5.